The predicted molar refractivity (Wildman–Crippen MR) is 52.1 cm³/mol. The Morgan fingerprint density at radius 2 is 2.00 bits per heavy atom. The van der Waals surface area contributed by atoms with Crippen LogP contribution in [0.15, 0.2) is 28.1 Å². The van der Waals surface area contributed by atoms with Gasteiger partial charge in [0, 0.05) is 6.26 Å². The molecule has 0 amide bonds. The van der Waals surface area contributed by atoms with Crippen LogP contribution < -0.4 is 0 Å². The quantitative estimate of drug-likeness (QED) is 0.548. The van der Waals surface area contributed by atoms with Gasteiger partial charge in [-0.15, -0.1) is 0 Å². The number of hydrogen-bond acceptors (Lipinski definition) is 4. The van der Waals surface area contributed by atoms with E-state index in [0.717, 1.165) is 6.26 Å². The second-order valence-corrected chi connectivity index (χ2v) is 4.88. The van der Waals surface area contributed by atoms with E-state index in [1.165, 1.54) is 12.1 Å². The summed E-state index contributed by atoms with van der Waals surface area (Å²) in [7, 11) is -3.35. The monoisotopic (exact) mass is 211 g/mol. The lowest BCUT2D eigenvalue weighted by atomic mass is 10.2. The molecule has 0 heterocycles. The zero-order valence-electron chi connectivity index (χ0n) is 7.81. The van der Waals surface area contributed by atoms with Crippen molar-refractivity contribution in [3.8, 4) is 0 Å². The molecular formula is C9H9NO3S. The summed E-state index contributed by atoms with van der Waals surface area (Å²) in [6.45, 7) is 1.69. The molecule has 0 unspecified atom stereocenters. The normalized spacial score (nSPS) is 10.7. The van der Waals surface area contributed by atoms with Gasteiger partial charge in [-0.2, -0.15) is 4.99 Å². The number of hydrogen-bond donors (Lipinski definition) is 0. The number of benzene rings is 1. The molecule has 0 spiro atoms. The SMILES string of the molecule is Cc1cccc(S(C)(=O)=O)c1N=C=O. The Bertz CT molecular complexity index is 499. The van der Waals surface area contributed by atoms with Crippen LogP contribution in [0, 0.1) is 6.92 Å². The maximum Gasteiger partial charge on any atom is 0.240 e. The van der Waals surface area contributed by atoms with Crippen LogP contribution in [0.1, 0.15) is 5.56 Å². The molecule has 1 aromatic carbocycles. The molecule has 14 heavy (non-hydrogen) atoms. The van der Waals surface area contributed by atoms with Gasteiger partial charge in [0.2, 0.25) is 6.08 Å². The molecule has 1 rings (SSSR count). The highest BCUT2D eigenvalue weighted by Crippen LogP contribution is 2.27. The van der Waals surface area contributed by atoms with E-state index in [-0.39, 0.29) is 10.6 Å². The fourth-order valence-corrected chi connectivity index (χ4v) is 2.00. The summed E-state index contributed by atoms with van der Waals surface area (Å²) in [6.07, 6.45) is 2.42. The minimum Gasteiger partial charge on any atom is -0.224 e. The number of carbonyl (C=O) groups excluding carboxylic acids is 1. The van der Waals surface area contributed by atoms with Crippen molar-refractivity contribution < 1.29 is 13.2 Å². The highest BCUT2D eigenvalue weighted by atomic mass is 32.2. The van der Waals surface area contributed by atoms with Gasteiger partial charge < -0.3 is 0 Å². The maximum atomic E-state index is 11.3. The molecule has 0 aliphatic carbocycles. The Kier molecular flexibility index (Phi) is 2.84. The number of aliphatic imine (C=N–C) groups is 1. The third-order valence-electron chi connectivity index (χ3n) is 1.76. The van der Waals surface area contributed by atoms with Crippen molar-refractivity contribution in [3.63, 3.8) is 0 Å². The van der Waals surface area contributed by atoms with Gasteiger partial charge in [0.25, 0.3) is 0 Å². The van der Waals surface area contributed by atoms with Gasteiger partial charge in [-0.1, -0.05) is 12.1 Å². The smallest absolute Gasteiger partial charge is 0.224 e. The Balaban J connectivity index is 3.60. The van der Waals surface area contributed by atoms with Crippen molar-refractivity contribution in [2.45, 2.75) is 11.8 Å². The molecule has 1 aromatic rings. The zero-order valence-corrected chi connectivity index (χ0v) is 8.63. The minimum absolute atomic E-state index is 0.0563. The first-order valence-corrected chi connectivity index (χ1v) is 5.73. The largest absolute Gasteiger partial charge is 0.240 e. The first kappa shape index (κ1) is 10.6. The average Bonchev–Trinajstić information content (AvgIpc) is 2.07. The lowest BCUT2D eigenvalue weighted by Gasteiger charge is -2.04. The lowest BCUT2D eigenvalue weighted by Crippen LogP contribution is -1.98. The zero-order chi connectivity index (χ0) is 10.8. The molecule has 0 saturated heterocycles. The Morgan fingerprint density at radius 3 is 2.50 bits per heavy atom. The standard InChI is InChI=1S/C9H9NO3S/c1-7-4-3-5-8(14(2,12)13)9(7)10-6-11/h3-5H,1-2H3. The number of para-hydroxylation sites is 1. The minimum atomic E-state index is -3.35. The highest BCUT2D eigenvalue weighted by Gasteiger charge is 2.14. The van der Waals surface area contributed by atoms with Gasteiger partial charge in [-0.25, -0.2) is 13.2 Å². The van der Waals surface area contributed by atoms with Gasteiger partial charge in [0.15, 0.2) is 9.84 Å². The van der Waals surface area contributed by atoms with Crippen molar-refractivity contribution >= 4 is 21.6 Å². The molecule has 4 nitrogen and oxygen atoms in total. The fourth-order valence-electron chi connectivity index (χ4n) is 1.12. The number of rotatable bonds is 2. The third-order valence-corrected chi connectivity index (χ3v) is 2.89. The maximum absolute atomic E-state index is 11.3. The predicted octanol–water partition coefficient (Wildman–Crippen LogP) is 1.37. The molecule has 0 aliphatic rings. The van der Waals surface area contributed by atoms with Crippen LogP contribution in [-0.2, 0) is 14.6 Å². The molecule has 0 atom stereocenters. The van der Waals surface area contributed by atoms with Gasteiger partial charge in [-0.3, -0.25) is 0 Å². The molecule has 0 saturated carbocycles. The summed E-state index contributed by atoms with van der Waals surface area (Å²) in [5.41, 5.74) is 0.807. The van der Waals surface area contributed by atoms with Gasteiger partial charge in [0.05, 0.1) is 10.6 Å². The first-order chi connectivity index (χ1) is 6.46. The summed E-state index contributed by atoms with van der Waals surface area (Å²) in [6, 6.07) is 4.71. The number of sulfone groups is 1. The van der Waals surface area contributed by atoms with Crippen molar-refractivity contribution in [1.29, 1.82) is 0 Å². The second-order valence-electron chi connectivity index (χ2n) is 2.90. The van der Waals surface area contributed by atoms with E-state index in [9.17, 15) is 13.2 Å². The lowest BCUT2D eigenvalue weighted by molar-refractivity contribution is 0.565. The fraction of sp³-hybridized carbons (Fsp3) is 0.222. The van der Waals surface area contributed by atoms with Crippen LogP contribution >= 0.6 is 0 Å². The summed E-state index contributed by atoms with van der Waals surface area (Å²) in [5, 5.41) is 0. The van der Waals surface area contributed by atoms with Crippen molar-refractivity contribution in [2.75, 3.05) is 6.26 Å². The first-order valence-electron chi connectivity index (χ1n) is 3.84. The Morgan fingerprint density at radius 1 is 1.36 bits per heavy atom. The molecule has 0 aromatic heterocycles. The van der Waals surface area contributed by atoms with E-state index >= 15 is 0 Å². The van der Waals surface area contributed by atoms with E-state index in [1.54, 1.807) is 19.1 Å². The topological polar surface area (TPSA) is 63.6 Å². The molecule has 0 bridgehead atoms. The van der Waals surface area contributed by atoms with Crippen LogP contribution in [0.3, 0.4) is 0 Å². The van der Waals surface area contributed by atoms with Crippen LogP contribution in [0.5, 0.6) is 0 Å². The summed E-state index contributed by atoms with van der Waals surface area (Å²) in [4.78, 5) is 13.6. The number of isocyanates is 1. The van der Waals surface area contributed by atoms with E-state index < -0.39 is 9.84 Å². The Hall–Kier alpha value is -1.45. The van der Waals surface area contributed by atoms with Crippen LogP contribution in [-0.4, -0.2) is 20.8 Å². The third kappa shape index (κ3) is 2.07. The molecule has 5 heteroatoms. The van der Waals surface area contributed by atoms with Crippen molar-refractivity contribution in [1.82, 2.24) is 0 Å². The van der Waals surface area contributed by atoms with Gasteiger partial charge in [0.1, 0.15) is 0 Å². The summed E-state index contributed by atoms with van der Waals surface area (Å²) >= 11 is 0. The van der Waals surface area contributed by atoms with Crippen LogP contribution in [0.25, 0.3) is 0 Å². The van der Waals surface area contributed by atoms with E-state index in [1.807, 2.05) is 0 Å². The molecular weight excluding hydrogens is 202 g/mol. The molecule has 0 N–H and O–H groups in total. The highest BCUT2D eigenvalue weighted by molar-refractivity contribution is 7.90. The van der Waals surface area contributed by atoms with Crippen molar-refractivity contribution in [3.05, 3.63) is 23.8 Å². The Labute approximate surface area is 82.2 Å². The number of aryl methyl sites for hydroxylation is 1. The van der Waals surface area contributed by atoms with Crippen molar-refractivity contribution in [2.24, 2.45) is 4.99 Å². The van der Waals surface area contributed by atoms with Gasteiger partial charge >= 0.3 is 0 Å². The van der Waals surface area contributed by atoms with E-state index in [2.05, 4.69) is 4.99 Å². The van der Waals surface area contributed by atoms with Crippen LogP contribution in [0.2, 0.25) is 0 Å². The summed E-state index contributed by atoms with van der Waals surface area (Å²) in [5.74, 6) is 0. The van der Waals surface area contributed by atoms with Gasteiger partial charge in [-0.05, 0) is 18.6 Å². The average molecular weight is 211 g/mol. The number of nitrogens with zero attached hydrogens (tertiary/aromatic N) is 1. The van der Waals surface area contributed by atoms with Crippen LogP contribution in [0.4, 0.5) is 5.69 Å². The summed E-state index contributed by atoms with van der Waals surface area (Å²) < 4.78 is 22.6. The molecule has 0 aliphatic heterocycles. The van der Waals surface area contributed by atoms with E-state index in [4.69, 9.17) is 0 Å². The molecule has 74 valence electrons. The second kappa shape index (κ2) is 3.74. The molecule has 0 radical (unpaired) electrons. The van der Waals surface area contributed by atoms with E-state index in [0.29, 0.717) is 5.56 Å². The molecule has 0 fully saturated rings.